The molecule has 0 atom stereocenters. The van der Waals surface area contributed by atoms with E-state index >= 15 is 0 Å². The van der Waals surface area contributed by atoms with Crippen LogP contribution in [0.5, 0.6) is 0 Å². The monoisotopic (exact) mass is 241 g/mol. The van der Waals surface area contributed by atoms with Gasteiger partial charge in [-0.3, -0.25) is 5.43 Å². The Labute approximate surface area is 100 Å². The van der Waals surface area contributed by atoms with E-state index in [-0.39, 0.29) is 0 Å². The second-order valence-corrected chi connectivity index (χ2v) is 3.48. The summed E-state index contributed by atoms with van der Waals surface area (Å²) >= 11 is 0. The van der Waals surface area contributed by atoms with Gasteiger partial charge >= 0.3 is 0 Å². The molecular formula is C10H19N5O2. The lowest BCUT2D eigenvalue weighted by Gasteiger charge is -2.07. The molecule has 0 amide bonds. The van der Waals surface area contributed by atoms with E-state index in [2.05, 4.69) is 20.7 Å². The van der Waals surface area contributed by atoms with Gasteiger partial charge in [-0.05, 0) is 13.8 Å². The van der Waals surface area contributed by atoms with Gasteiger partial charge in [0.2, 0.25) is 11.9 Å². The van der Waals surface area contributed by atoms with Crippen LogP contribution in [-0.4, -0.2) is 31.2 Å². The summed E-state index contributed by atoms with van der Waals surface area (Å²) in [6.07, 6.45) is 0. The lowest BCUT2D eigenvalue weighted by atomic mass is 10.4. The van der Waals surface area contributed by atoms with Crippen LogP contribution in [0.15, 0.2) is 9.41 Å². The number of nitrogens with zero attached hydrogens (tertiary/aromatic N) is 2. The van der Waals surface area contributed by atoms with E-state index in [1.54, 1.807) is 7.11 Å². The topological polar surface area (TPSA) is 97.7 Å². The maximum absolute atomic E-state index is 5.40. The van der Waals surface area contributed by atoms with Gasteiger partial charge in [-0.15, -0.1) is 0 Å². The molecule has 0 saturated carbocycles. The first-order valence-corrected chi connectivity index (χ1v) is 5.34. The van der Waals surface area contributed by atoms with Crippen molar-refractivity contribution in [3.63, 3.8) is 0 Å². The van der Waals surface area contributed by atoms with Gasteiger partial charge in [0.25, 0.3) is 0 Å². The molecule has 7 nitrogen and oxygen atoms in total. The first-order chi connectivity index (χ1) is 8.17. The van der Waals surface area contributed by atoms with E-state index < -0.39 is 0 Å². The first kappa shape index (κ1) is 13.5. The Morgan fingerprint density at radius 2 is 2.29 bits per heavy atom. The molecule has 0 unspecified atom stereocenters. The number of methoxy groups -OCH3 is 1. The minimum Gasteiger partial charge on any atom is -0.444 e. The van der Waals surface area contributed by atoms with Gasteiger partial charge in [0, 0.05) is 13.7 Å². The molecule has 1 rings (SSSR count). The number of nitrogens with one attached hydrogen (secondary N) is 2. The average Bonchev–Trinajstić information content (AvgIpc) is 2.63. The van der Waals surface area contributed by atoms with Crippen LogP contribution in [0.2, 0.25) is 0 Å². The molecule has 0 aliphatic rings. The van der Waals surface area contributed by atoms with Crippen molar-refractivity contribution in [2.75, 3.05) is 20.3 Å². The van der Waals surface area contributed by atoms with Crippen LogP contribution in [0.25, 0.3) is 0 Å². The highest BCUT2D eigenvalue weighted by molar-refractivity contribution is 5.79. The van der Waals surface area contributed by atoms with Crippen molar-refractivity contribution >= 4 is 5.96 Å². The second-order valence-electron chi connectivity index (χ2n) is 3.48. The highest BCUT2D eigenvalue weighted by Crippen LogP contribution is 2.08. The molecule has 0 aliphatic heterocycles. The molecule has 17 heavy (non-hydrogen) atoms. The SMILES string of the molecule is COCCNC(=NCc1nc(C)c(C)o1)NN. The molecule has 7 heteroatoms. The zero-order chi connectivity index (χ0) is 12.7. The quantitative estimate of drug-likeness (QED) is 0.218. The standard InChI is InChI=1S/C10H19N5O2/c1-7-8(2)17-9(14-7)6-13-10(15-11)12-4-5-16-3/h4-6,11H2,1-3H3,(H2,12,13,15). The normalized spacial score (nSPS) is 11.6. The van der Waals surface area contributed by atoms with Crippen molar-refractivity contribution in [2.45, 2.75) is 20.4 Å². The van der Waals surface area contributed by atoms with Crippen molar-refractivity contribution in [2.24, 2.45) is 10.8 Å². The number of hydrogen-bond donors (Lipinski definition) is 3. The third kappa shape index (κ3) is 4.41. The van der Waals surface area contributed by atoms with Gasteiger partial charge in [-0.2, -0.15) is 0 Å². The molecule has 4 N–H and O–H groups in total. The van der Waals surface area contributed by atoms with Gasteiger partial charge in [0.05, 0.1) is 12.3 Å². The number of guanidine groups is 1. The molecule has 1 heterocycles. The van der Waals surface area contributed by atoms with E-state index in [1.165, 1.54) is 0 Å². The van der Waals surface area contributed by atoms with Crippen molar-refractivity contribution in [1.29, 1.82) is 0 Å². The zero-order valence-electron chi connectivity index (χ0n) is 10.4. The Kier molecular flexibility index (Phi) is 5.44. The average molecular weight is 241 g/mol. The number of aromatic nitrogens is 1. The lowest BCUT2D eigenvalue weighted by Crippen LogP contribution is -2.42. The first-order valence-electron chi connectivity index (χ1n) is 5.34. The molecule has 0 fully saturated rings. The minimum absolute atomic E-state index is 0.341. The minimum atomic E-state index is 0.341. The van der Waals surface area contributed by atoms with E-state index in [1.807, 2.05) is 13.8 Å². The van der Waals surface area contributed by atoms with Gasteiger partial charge in [0.1, 0.15) is 12.3 Å². The van der Waals surface area contributed by atoms with Crippen molar-refractivity contribution in [3.8, 4) is 0 Å². The van der Waals surface area contributed by atoms with Gasteiger partial charge in [0.15, 0.2) is 0 Å². The fourth-order valence-corrected chi connectivity index (χ4v) is 1.18. The Morgan fingerprint density at radius 3 is 2.82 bits per heavy atom. The fourth-order valence-electron chi connectivity index (χ4n) is 1.18. The van der Waals surface area contributed by atoms with E-state index in [0.717, 1.165) is 11.5 Å². The van der Waals surface area contributed by atoms with E-state index in [0.29, 0.717) is 31.5 Å². The number of aryl methyl sites for hydroxylation is 2. The third-order valence-corrected chi connectivity index (χ3v) is 2.18. The highest BCUT2D eigenvalue weighted by atomic mass is 16.5. The van der Waals surface area contributed by atoms with E-state index in [4.69, 9.17) is 15.0 Å². The second kappa shape index (κ2) is 6.87. The highest BCUT2D eigenvalue weighted by Gasteiger charge is 2.04. The van der Waals surface area contributed by atoms with Crippen molar-refractivity contribution in [3.05, 3.63) is 17.3 Å². The van der Waals surface area contributed by atoms with Crippen LogP contribution >= 0.6 is 0 Å². The fraction of sp³-hybridized carbons (Fsp3) is 0.600. The van der Waals surface area contributed by atoms with Gasteiger partial charge in [-0.1, -0.05) is 0 Å². The number of nitrogens with two attached hydrogens (primary N) is 1. The molecule has 96 valence electrons. The summed E-state index contributed by atoms with van der Waals surface area (Å²) in [6, 6.07) is 0. The summed E-state index contributed by atoms with van der Waals surface area (Å²) < 4.78 is 10.3. The Hall–Kier alpha value is -1.60. The molecule has 0 saturated heterocycles. The summed E-state index contributed by atoms with van der Waals surface area (Å²) in [5.74, 6) is 7.18. The summed E-state index contributed by atoms with van der Waals surface area (Å²) in [5.41, 5.74) is 3.35. The number of hydrogen-bond acceptors (Lipinski definition) is 5. The van der Waals surface area contributed by atoms with Gasteiger partial charge < -0.3 is 14.5 Å². The van der Waals surface area contributed by atoms with Crippen LogP contribution in [-0.2, 0) is 11.3 Å². The number of rotatable bonds is 5. The van der Waals surface area contributed by atoms with Crippen LogP contribution in [0.3, 0.4) is 0 Å². The molecule has 0 aromatic carbocycles. The number of hydrazine groups is 1. The predicted molar refractivity (Wildman–Crippen MR) is 64.3 cm³/mol. The van der Waals surface area contributed by atoms with Crippen LogP contribution in [0, 0.1) is 13.8 Å². The number of oxazole rings is 1. The summed E-state index contributed by atoms with van der Waals surface area (Å²) in [6.45, 7) is 5.31. The predicted octanol–water partition coefficient (Wildman–Crippen LogP) is -0.153. The van der Waals surface area contributed by atoms with Crippen molar-refractivity contribution in [1.82, 2.24) is 15.7 Å². The van der Waals surface area contributed by atoms with E-state index in [9.17, 15) is 0 Å². The molecule has 0 bridgehead atoms. The van der Waals surface area contributed by atoms with Crippen molar-refractivity contribution < 1.29 is 9.15 Å². The molecule has 0 radical (unpaired) electrons. The number of ether oxygens (including phenoxy) is 1. The lowest BCUT2D eigenvalue weighted by molar-refractivity contribution is 0.203. The number of aliphatic imine (C=N–C) groups is 1. The molecule has 1 aromatic rings. The maximum atomic E-state index is 5.40. The molecular weight excluding hydrogens is 222 g/mol. The largest absolute Gasteiger partial charge is 0.444 e. The summed E-state index contributed by atoms with van der Waals surface area (Å²) in [7, 11) is 1.63. The Balaban J connectivity index is 2.48. The van der Waals surface area contributed by atoms with Crippen LogP contribution < -0.4 is 16.6 Å². The molecule has 0 aliphatic carbocycles. The smallest absolute Gasteiger partial charge is 0.216 e. The maximum Gasteiger partial charge on any atom is 0.216 e. The zero-order valence-corrected chi connectivity index (χ0v) is 10.4. The summed E-state index contributed by atoms with van der Waals surface area (Å²) in [5, 5.41) is 2.98. The Morgan fingerprint density at radius 1 is 1.53 bits per heavy atom. The molecule has 1 aromatic heterocycles. The van der Waals surface area contributed by atoms with Crippen LogP contribution in [0.4, 0.5) is 0 Å². The van der Waals surface area contributed by atoms with Gasteiger partial charge in [-0.25, -0.2) is 15.8 Å². The third-order valence-electron chi connectivity index (χ3n) is 2.18. The molecule has 0 spiro atoms. The summed E-state index contributed by atoms with van der Waals surface area (Å²) in [4.78, 5) is 8.41. The van der Waals surface area contributed by atoms with Crippen LogP contribution in [0.1, 0.15) is 17.3 Å². The Bertz CT molecular complexity index is 355.